The maximum absolute atomic E-state index is 5.31. The number of hydrogen-bond donors (Lipinski definition) is 1. The molecule has 1 N–H and O–H groups in total. The van der Waals surface area contributed by atoms with Crippen molar-refractivity contribution in [1.29, 1.82) is 0 Å². The molecule has 1 aromatic rings. The molecule has 1 saturated heterocycles. The minimum atomic E-state index is 0.611. The molecule has 0 spiro atoms. The molecule has 0 aliphatic carbocycles. The molecule has 0 bridgehead atoms. The summed E-state index contributed by atoms with van der Waals surface area (Å²) in [5.41, 5.74) is 1.10. The van der Waals surface area contributed by atoms with Crippen LogP contribution in [0.25, 0.3) is 0 Å². The molecule has 0 aromatic carbocycles. The second-order valence-electron chi connectivity index (χ2n) is 5.32. The van der Waals surface area contributed by atoms with Crippen LogP contribution in [0.15, 0.2) is 0 Å². The van der Waals surface area contributed by atoms with Crippen molar-refractivity contribution in [1.82, 2.24) is 10.3 Å². The fourth-order valence-electron chi connectivity index (χ4n) is 2.41. The standard InChI is InChI=1S/C15H27N3OS2/c1-4-6-16-9-14-13(11-19-3)17-15(21-14)18-7-8-20-12(5-2)10-18/h12,16H,4-11H2,1-3H3. The van der Waals surface area contributed by atoms with E-state index in [4.69, 9.17) is 9.72 Å². The van der Waals surface area contributed by atoms with Gasteiger partial charge in [-0.3, -0.25) is 0 Å². The molecular formula is C15H27N3OS2. The van der Waals surface area contributed by atoms with Crippen molar-refractivity contribution < 1.29 is 4.74 Å². The summed E-state index contributed by atoms with van der Waals surface area (Å²) in [6.07, 6.45) is 2.40. The van der Waals surface area contributed by atoms with Crippen LogP contribution in [0.3, 0.4) is 0 Å². The Morgan fingerprint density at radius 1 is 1.43 bits per heavy atom. The third-order valence-corrected chi connectivity index (χ3v) is 6.16. The van der Waals surface area contributed by atoms with E-state index in [9.17, 15) is 0 Å². The quantitative estimate of drug-likeness (QED) is 0.742. The number of nitrogens with zero attached hydrogens (tertiary/aromatic N) is 2. The molecule has 21 heavy (non-hydrogen) atoms. The van der Waals surface area contributed by atoms with Crippen LogP contribution in [-0.4, -0.2) is 42.7 Å². The molecule has 120 valence electrons. The van der Waals surface area contributed by atoms with Gasteiger partial charge < -0.3 is 15.0 Å². The highest BCUT2D eigenvalue weighted by atomic mass is 32.2. The Morgan fingerprint density at radius 2 is 2.29 bits per heavy atom. The van der Waals surface area contributed by atoms with E-state index >= 15 is 0 Å². The average molecular weight is 330 g/mol. The van der Waals surface area contributed by atoms with Crippen LogP contribution in [-0.2, 0) is 17.9 Å². The average Bonchev–Trinajstić information content (AvgIpc) is 2.91. The monoisotopic (exact) mass is 329 g/mol. The molecule has 2 rings (SSSR count). The smallest absolute Gasteiger partial charge is 0.185 e. The molecular weight excluding hydrogens is 302 g/mol. The van der Waals surface area contributed by atoms with Gasteiger partial charge >= 0.3 is 0 Å². The van der Waals surface area contributed by atoms with Crippen molar-refractivity contribution in [2.24, 2.45) is 0 Å². The van der Waals surface area contributed by atoms with E-state index in [0.717, 1.165) is 43.5 Å². The largest absolute Gasteiger partial charge is 0.378 e. The number of thioether (sulfide) groups is 1. The van der Waals surface area contributed by atoms with Gasteiger partial charge in [0.2, 0.25) is 0 Å². The summed E-state index contributed by atoms with van der Waals surface area (Å²) in [4.78, 5) is 8.62. The fourth-order valence-corrected chi connectivity index (χ4v) is 4.66. The number of rotatable bonds is 8. The van der Waals surface area contributed by atoms with Gasteiger partial charge in [-0.1, -0.05) is 13.8 Å². The first-order valence-corrected chi connectivity index (χ1v) is 9.69. The van der Waals surface area contributed by atoms with Crippen LogP contribution in [0.4, 0.5) is 5.13 Å². The Kier molecular flexibility index (Phi) is 7.29. The zero-order valence-corrected chi connectivity index (χ0v) is 15.0. The lowest BCUT2D eigenvalue weighted by Gasteiger charge is -2.31. The number of anilines is 1. The van der Waals surface area contributed by atoms with E-state index in [1.54, 1.807) is 7.11 Å². The molecule has 1 unspecified atom stereocenters. The van der Waals surface area contributed by atoms with Crippen molar-refractivity contribution in [2.45, 2.75) is 45.1 Å². The van der Waals surface area contributed by atoms with Crippen molar-refractivity contribution in [3.05, 3.63) is 10.6 Å². The molecule has 1 atom stereocenters. The van der Waals surface area contributed by atoms with Crippen LogP contribution >= 0.6 is 23.1 Å². The normalized spacial score (nSPS) is 19.2. The van der Waals surface area contributed by atoms with Crippen molar-refractivity contribution in [3.8, 4) is 0 Å². The van der Waals surface area contributed by atoms with E-state index < -0.39 is 0 Å². The number of thiazole rings is 1. The van der Waals surface area contributed by atoms with Gasteiger partial charge in [-0.05, 0) is 19.4 Å². The topological polar surface area (TPSA) is 37.4 Å². The summed E-state index contributed by atoms with van der Waals surface area (Å²) in [7, 11) is 1.74. The van der Waals surface area contributed by atoms with Crippen LogP contribution in [0.5, 0.6) is 0 Å². The summed E-state index contributed by atoms with van der Waals surface area (Å²) >= 11 is 3.93. The predicted molar refractivity (Wildman–Crippen MR) is 93.6 cm³/mol. The minimum absolute atomic E-state index is 0.611. The predicted octanol–water partition coefficient (Wildman–Crippen LogP) is 3.12. The van der Waals surface area contributed by atoms with Crippen molar-refractivity contribution >= 4 is 28.2 Å². The molecule has 0 saturated carbocycles. The Labute approximate surface area is 136 Å². The van der Waals surface area contributed by atoms with Crippen LogP contribution < -0.4 is 10.2 Å². The van der Waals surface area contributed by atoms with Gasteiger partial charge in [0.1, 0.15) is 0 Å². The number of methoxy groups -OCH3 is 1. The maximum Gasteiger partial charge on any atom is 0.185 e. The van der Waals surface area contributed by atoms with Crippen LogP contribution in [0.2, 0.25) is 0 Å². The third-order valence-electron chi connectivity index (χ3n) is 3.62. The summed E-state index contributed by atoms with van der Waals surface area (Å²) in [5, 5.41) is 5.40. The van der Waals surface area contributed by atoms with Crippen LogP contribution in [0, 0.1) is 0 Å². The molecule has 2 heterocycles. The lowest BCUT2D eigenvalue weighted by molar-refractivity contribution is 0.181. The molecule has 1 aliphatic heterocycles. The molecule has 1 aliphatic rings. The van der Waals surface area contributed by atoms with E-state index in [1.807, 2.05) is 11.3 Å². The highest BCUT2D eigenvalue weighted by Gasteiger charge is 2.22. The van der Waals surface area contributed by atoms with Crippen molar-refractivity contribution in [3.63, 3.8) is 0 Å². The second kappa shape index (κ2) is 8.98. The first-order chi connectivity index (χ1) is 10.3. The second-order valence-corrected chi connectivity index (χ2v) is 7.79. The SMILES string of the molecule is CCCNCc1sc(N2CCSC(CC)C2)nc1COC. The van der Waals surface area contributed by atoms with E-state index in [1.165, 1.54) is 22.2 Å². The van der Waals surface area contributed by atoms with Gasteiger partial charge in [0.15, 0.2) is 5.13 Å². The molecule has 6 heteroatoms. The van der Waals surface area contributed by atoms with E-state index in [-0.39, 0.29) is 0 Å². The highest BCUT2D eigenvalue weighted by Crippen LogP contribution is 2.31. The minimum Gasteiger partial charge on any atom is -0.378 e. The van der Waals surface area contributed by atoms with Gasteiger partial charge in [0.25, 0.3) is 0 Å². The van der Waals surface area contributed by atoms with Gasteiger partial charge in [0, 0.05) is 42.6 Å². The zero-order chi connectivity index (χ0) is 15.1. The van der Waals surface area contributed by atoms with E-state index in [2.05, 4.69) is 35.8 Å². The van der Waals surface area contributed by atoms with Gasteiger partial charge in [-0.2, -0.15) is 11.8 Å². The lowest BCUT2D eigenvalue weighted by atomic mass is 10.3. The molecule has 4 nitrogen and oxygen atoms in total. The first-order valence-electron chi connectivity index (χ1n) is 7.83. The summed E-state index contributed by atoms with van der Waals surface area (Å²) < 4.78 is 5.31. The Balaban J connectivity index is 2.06. The number of nitrogens with one attached hydrogen (secondary N) is 1. The Bertz CT molecular complexity index is 425. The van der Waals surface area contributed by atoms with Gasteiger partial charge in [-0.15, -0.1) is 11.3 Å². The zero-order valence-electron chi connectivity index (χ0n) is 13.4. The molecule has 0 radical (unpaired) electrons. The van der Waals surface area contributed by atoms with Gasteiger partial charge in [-0.25, -0.2) is 4.98 Å². The lowest BCUT2D eigenvalue weighted by Crippen LogP contribution is -2.37. The van der Waals surface area contributed by atoms with Gasteiger partial charge in [0.05, 0.1) is 12.3 Å². The highest BCUT2D eigenvalue weighted by molar-refractivity contribution is 8.00. The Hall–Kier alpha value is -0.300. The first kappa shape index (κ1) is 17.1. The maximum atomic E-state index is 5.31. The number of ether oxygens (including phenoxy) is 1. The molecule has 1 fully saturated rings. The van der Waals surface area contributed by atoms with Crippen molar-refractivity contribution in [2.75, 3.05) is 37.4 Å². The third kappa shape index (κ3) is 4.84. The summed E-state index contributed by atoms with van der Waals surface area (Å²) in [6, 6.07) is 0. The van der Waals surface area contributed by atoms with Crippen LogP contribution in [0.1, 0.15) is 37.3 Å². The molecule has 1 aromatic heterocycles. The Morgan fingerprint density at radius 3 is 3.00 bits per heavy atom. The number of hydrogen-bond acceptors (Lipinski definition) is 6. The molecule has 0 amide bonds. The summed E-state index contributed by atoms with van der Waals surface area (Å²) in [6.45, 7) is 9.28. The summed E-state index contributed by atoms with van der Waals surface area (Å²) in [5.74, 6) is 1.21. The fraction of sp³-hybridized carbons (Fsp3) is 0.800. The number of aromatic nitrogens is 1. The van der Waals surface area contributed by atoms with E-state index in [0.29, 0.717) is 6.61 Å².